The second kappa shape index (κ2) is 7.52. The molecule has 0 fully saturated rings. The number of carbonyl (C=O) groups excluding carboxylic acids is 2. The zero-order valence-electron chi connectivity index (χ0n) is 12.7. The van der Waals surface area contributed by atoms with Gasteiger partial charge in [-0.2, -0.15) is 13.2 Å². The van der Waals surface area contributed by atoms with E-state index in [1.807, 2.05) is 6.92 Å². The molecule has 1 aromatic rings. The third-order valence-electron chi connectivity index (χ3n) is 2.87. The molecule has 5 nitrogen and oxygen atoms in total. The number of methoxy groups -OCH3 is 1. The van der Waals surface area contributed by atoms with Crippen LogP contribution in [0.25, 0.3) is 0 Å². The third-order valence-corrected chi connectivity index (χ3v) is 4.50. The van der Waals surface area contributed by atoms with Crippen molar-refractivity contribution in [3.8, 4) is 0 Å². The largest absolute Gasteiger partial charge is 0.471 e. The Morgan fingerprint density at radius 3 is 2.39 bits per heavy atom. The minimum Gasteiger partial charge on any atom is -0.464 e. The van der Waals surface area contributed by atoms with E-state index in [1.54, 1.807) is 0 Å². The highest BCUT2D eigenvalue weighted by atomic mass is 79.9. The highest BCUT2D eigenvalue weighted by Crippen LogP contribution is 2.38. The van der Waals surface area contributed by atoms with Gasteiger partial charge in [0.15, 0.2) is 5.69 Å². The molecular weight excluding hydrogens is 401 g/mol. The zero-order chi connectivity index (χ0) is 17.9. The molecule has 0 aliphatic rings. The molecule has 1 aromatic heterocycles. The fourth-order valence-electron chi connectivity index (χ4n) is 1.88. The van der Waals surface area contributed by atoms with Gasteiger partial charge < -0.3 is 9.64 Å². The Bertz CT molecular complexity index is 638. The SMILES string of the molecule is CCSc1c(C(=O)OC)nc(Br)c(N(C)C(=O)C(F)(F)F)c1C. The molecular formula is C13H14BrF3N2O3S. The second-order valence-corrected chi connectivity index (χ2v) is 6.37. The van der Waals surface area contributed by atoms with Crippen LogP contribution in [0.1, 0.15) is 23.0 Å². The van der Waals surface area contributed by atoms with E-state index >= 15 is 0 Å². The zero-order valence-corrected chi connectivity index (χ0v) is 15.1. The highest BCUT2D eigenvalue weighted by Gasteiger charge is 2.43. The summed E-state index contributed by atoms with van der Waals surface area (Å²) in [6, 6.07) is 0. The van der Waals surface area contributed by atoms with E-state index < -0.39 is 18.1 Å². The maximum absolute atomic E-state index is 12.7. The van der Waals surface area contributed by atoms with Crippen molar-refractivity contribution in [3.05, 3.63) is 15.9 Å². The Morgan fingerprint density at radius 1 is 1.39 bits per heavy atom. The number of aromatic nitrogens is 1. The Labute approximate surface area is 143 Å². The van der Waals surface area contributed by atoms with Crippen LogP contribution < -0.4 is 4.90 Å². The topological polar surface area (TPSA) is 59.5 Å². The maximum atomic E-state index is 12.7. The number of ether oxygens (including phenoxy) is 1. The molecule has 1 amide bonds. The summed E-state index contributed by atoms with van der Waals surface area (Å²) in [5, 5.41) is 0. The van der Waals surface area contributed by atoms with E-state index in [9.17, 15) is 22.8 Å². The van der Waals surface area contributed by atoms with Crippen LogP contribution in [0.5, 0.6) is 0 Å². The number of amides is 1. The first kappa shape index (κ1) is 19.8. The lowest BCUT2D eigenvalue weighted by Crippen LogP contribution is -2.39. The molecule has 0 N–H and O–H groups in total. The fourth-order valence-corrected chi connectivity index (χ4v) is 3.49. The smallest absolute Gasteiger partial charge is 0.464 e. The average molecular weight is 415 g/mol. The molecule has 128 valence electrons. The summed E-state index contributed by atoms with van der Waals surface area (Å²) in [5.74, 6) is -2.17. The molecule has 1 heterocycles. The molecule has 0 saturated heterocycles. The normalized spacial score (nSPS) is 11.3. The van der Waals surface area contributed by atoms with Gasteiger partial charge in [0.1, 0.15) is 4.60 Å². The van der Waals surface area contributed by atoms with Gasteiger partial charge in [-0.25, -0.2) is 9.78 Å². The number of nitrogens with zero attached hydrogens (tertiary/aromatic N) is 2. The first-order valence-corrected chi connectivity index (χ1v) is 8.10. The third kappa shape index (κ3) is 4.17. The van der Waals surface area contributed by atoms with E-state index in [0.29, 0.717) is 21.1 Å². The molecule has 0 saturated carbocycles. The van der Waals surface area contributed by atoms with E-state index in [2.05, 4.69) is 25.7 Å². The number of rotatable bonds is 4. The Morgan fingerprint density at radius 2 is 1.96 bits per heavy atom. The van der Waals surface area contributed by atoms with E-state index in [4.69, 9.17) is 0 Å². The molecule has 0 unspecified atom stereocenters. The summed E-state index contributed by atoms with van der Waals surface area (Å²) >= 11 is 4.26. The quantitative estimate of drug-likeness (QED) is 0.428. The Balaban J connectivity index is 3.54. The molecule has 0 aliphatic heterocycles. The lowest BCUT2D eigenvalue weighted by Gasteiger charge is -2.24. The van der Waals surface area contributed by atoms with Gasteiger partial charge in [-0.05, 0) is 34.2 Å². The molecule has 0 atom stereocenters. The van der Waals surface area contributed by atoms with Crippen molar-refractivity contribution in [3.63, 3.8) is 0 Å². The monoisotopic (exact) mass is 414 g/mol. The number of pyridine rings is 1. The minimum absolute atomic E-state index is 0.0136. The number of carbonyl (C=O) groups is 2. The van der Waals surface area contributed by atoms with E-state index in [-0.39, 0.29) is 16.0 Å². The maximum Gasteiger partial charge on any atom is 0.471 e. The fraction of sp³-hybridized carbons (Fsp3) is 0.462. The highest BCUT2D eigenvalue weighted by molar-refractivity contribution is 9.10. The van der Waals surface area contributed by atoms with Crippen LogP contribution in [0, 0.1) is 6.92 Å². The van der Waals surface area contributed by atoms with Gasteiger partial charge in [-0.15, -0.1) is 11.8 Å². The number of hydrogen-bond donors (Lipinski definition) is 0. The van der Waals surface area contributed by atoms with Crippen molar-refractivity contribution in [2.24, 2.45) is 0 Å². The van der Waals surface area contributed by atoms with Crippen LogP contribution in [-0.2, 0) is 9.53 Å². The molecule has 23 heavy (non-hydrogen) atoms. The van der Waals surface area contributed by atoms with Gasteiger partial charge in [0.25, 0.3) is 0 Å². The van der Waals surface area contributed by atoms with E-state index in [0.717, 1.165) is 7.05 Å². The average Bonchev–Trinajstić information content (AvgIpc) is 2.47. The molecule has 0 bridgehead atoms. The number of anilines is 1. The number of alkyl halides is 3. The predicted octanol–water partition coefficient (Wildman–Crippen LogP) is 3.58. The van der Waals surface area contributed by atoms with Gasteiger partial charge in [0.2, 0.25) is 0 Å². The number of hydrogen-bond acceptors (Lipinski definition) is 5. The first-order chi connectivity index (χ1) is 10.6. The van der Waals surface area contributed by atoms with Crippen LogP contribution in [0.3, 0.4) is 0 Å². The number of thioether (sulfide) groups is 1. The lowest BCUT2D eigenvalue weighted by molar-refractivity contribution is -0.170. The number of halogens is 4. The molecule has 1 rings (SSSR count). The minimum atomic E-state index is -5.01. The van der Waals surface area contributed by atoms with Crippen molar-refractivity contribution in [2.75, 3.05) is 24.8 Å². The molecule has 0 radical (unpaired) electrons. The van der Waals surface area contributed by atoms with Crippen LogP contribution in [0.2, 0.25) is 0 Å². The van der Waals surface area contributed by atoms with Crippen molar-refractivity contribution < 1.29 is 27.5 Å². The van der Waals surface area contributed by atoms with Crippen molar-refractivity contribution >= 4 is 45.3 Å². The lowest BCUT2D eigenvalue weighted by atomic mass is 10.2. The Hall–Kier alpha value is -1.29. The summed E-state index contributed by atoms with van der Waals surface area (Å²) in [7, 11) is 2.18. The molecule has 0 aliphatic carbocycles. The molecule has 0 spiro atoms. The van der Waals surface area contributed by atoms with Crippen molar-refractivity contribution in [1.29, 1.82) is 0 Å². The second-order valence-electron chi connectivity index (χ2n) is 4.34. The van der Waals surface area contributed by atoms with Crippen molar-refractivity contribution in [2.45, 2.75) is 24.9 Å². The van der Waals surface area contributed by atoms with Gasteiger partial charge in [-0.1, -0.05) is 6.92 Å². The Kier molecular flexibility index (Phi) is 6.46. The first-order valence-electron chi connectivity index (χ1n) is 6.32. The summed E-state index contributed by atoms with van der Waals surface area (Å²) in [4.78, 5) is 28.1. The van der Waals surface area contributed by atoms with Crippen LogP contribution >= 0.6 is 27.7 Å². The molecule has 0 aromatic carbocycles. The summed E-state index contributed by atoms with van der Waals surface area (Å²) < 4.78 is 42.6. The predicted molar refractivity (Wildman–Crippen MR) is 83.9 cm³/mol. The summed E-state index contributed by atoms with van der Waals surface area (Å²) in [5.41, 5.74) is 0.274. The van der Waals surface area contributed by atoms with Gasteiger partial charge in [0, 0.05) is 11.9 Å². The molecule has 10 heteroatoms. The van der Waals surface area contributed by atoms with Crippen LogP contribution in [0.4, 0.5) is 18.9 Å². The number of esters is 1. The standard InChI is InChI=1S/C13H14BrF3N2O3S/c1-5-23-9-6(2)8(19(3)12(21)13(15,16)17)10(14)18-7(9)11(20)22-4/h5H2,1-4H3. The van der Waals surface area contributed by atoms with Gasteiger partial charge in [-0.3, -0.25) is 4.79 Å². The van der Waals surface area contributed by atoms with E-state index in [1.165, 1.54) is 25.8 Å². The summed E-state index contributed by atoms with van der Waals surface area (Å²) in [6.07, 6.45) is -5.01. The van der Waals surface area contributed by atoms with Crippen molar-refractivity contribution in [1.82, 2.24) is 4.98 Å². The van der Waals surface area contributed by atoms with Gasteiger partial charge >= 0.3 is 18.1 Å². The van der Waals surface area contributed by atoms with Crippen LogP contribution in [0.15, 0.2) is 9.50 Å². The van der Waals surface area contributed by atoms with Crippen LogP contribution in [-0.4, -0.2) is 42.9 Å². The van der Waals surface area contributed by atoms with Gasteiger partial charge in [0.05, 0.1) is 12.8 Å². The summed E-state index contributed by atoms with van der Waals surface area (Å²) in [6.45, 7) is 3.34.